The Morgan fingerprint density at radius 1 is 1.12 bits per heavy atom. The van der Waals surface area contributed by atoms with E-state index in [1.807, 2.05) is 67.4 Å². The number of hydrogen-bond acceptors (Lipinski definition) is 2. The van der Waals surface area contributed by atoms with E-state index in [1.54, 1.807) is 4.90 Å². The van der Waals surface area contributed by atoms with E-state index in [1.165, 1.54) is 5.56 Å². The van der Waals surface area contributed by atoms with Gasteiger partial charge in [-0.05, 0) is 30.5 Å². The molecule has 4 rings (SSSR count). The fourth-order valence-electron chi connectivity index (χ4n) is 4.13. The van der Waals surface area contributed by atoms with E-state index < -0.39 is 5.41 Å². The summed E-state index contributed by atoms with van der Waals surface area (Å²) in [6, 6.07) is 16.0. The van der Waals surface area contributed by atoms with Gasteiger partial charge in [0, 0.05) is 25.8 Å². The van der Waals surface area contributed by atoms with Crippen molar-refractivity contribution in [3.8, 4) is 0 Å². The Kier molecular flexibility index (Phi) is 3.64. The predicted octanol–water partition coefficient (Wildman–Crippen LogP) is 2.68. The van der Waals surface area contributed by atoms with Crippen LogP contribution in [0, 0.1) is 6.92 Å². The molecule has 1 fully saturated rings. The molecule has 2 heterocycles. The van der Waals surface area contributed by atoms with Crippen LogP contribution in [0.1, 0.15) is 23.1 Å². The Balaban J connectivity index is 1.56. The van der Waals surface area contributed by atoms with E-state index in [0.29, 0.717) is 25.9 Å². The maximum Gasteiger partial charge on any atom is 0.239 e. The second-order valence-electron chi connectivity index (χ2n) is 7.19. The first-order valence-electron chi connectivity index (χ1n) is 8.72. The average molecular weight is 334 g/mol. The zero-order valence-electron chi connectivity index (χ0n) is 14.7. The smallest absolute Gasteiger partial charge is 0.239 e. The molecule has 128 valence electrons. The van der Waals surface area contributed by atoms with Gasteiger partial charge in [-0.15, -0.1) is 0 Å². The zero-order chi connectivity index (χ0) is 17.6. The van der Waals surface area contributed by atoms with Crippen molar-refractivity contribution in [2.75, 3.05) is 25.0 Å². The van der Waals surface area contributed by atoms with Crippen LogP contribution in [0.3, 0.4) is 0 Å². The van der Waals surface area contributed by atoms with E-state index in [9.17, 15) is 9.59 Å². The first-order chi connectivity index (χ1) is 12.0. The van der Waals surface area contributed by atoms with Gasteiger partial charge in [0.2, 0.25) is 11.8 Å². The van der Waals surface area contributed by atoms with E-state index in [2.05, 4.69) is 0 Å². The molecule has 0 aliphatic carbocycles. The molecule has 0 aromatic heterocycles. The summed E-state index contributed by atoms with van der Waals surface area (Å²) in [5.41, 5.74) is 3.68. The zero-order valence-corrected chi connectivity index (χ0v) is 14.7. The number of likely N-dealkylation sites (tertiary alicyclic amines) is 1. The first kappa shape index (κ1) is 15.9. The third-order valence-electron chi connectivity index (χ3n) is 5.59. The quantitative estimate of drug-likeness (QED) is 0.847. The SMILES string of the molecule is Cc1ccc(CC(=O)N2CC[C@@]3(C2)C(=O)N(C)c2ccccc23)cc1. The highest BCUT2D eigenvalue weighted by Crippen LogP contribution is 2.46. The summed E-state index contributed by atoms with van der Waals surface area (Å²) < 4.78 is 0. The number of aryl methyl sites for hydroxylation is 1. The number of para-hydroxylation sites is 1. The van der Waals surface area contributed by atoms with Gasteiger partial charge in [0.1, 0.15) is 0 Å². The number of hydrogen-bond donors (Lipinski definition) is 0. The molecule has 2 aromatic rings. The standard InChI is InChI=1S/C21H22N2O2/c1-15-7-9-16(10-8-15)13-19(24)23-12-11-21(14-23)17-5-3-4-6-18(17)22(2)20(21)25/h3-10H,11-14H2,1-2H3/t21-/m0/s1. The van der Waals surface area contributed by atoms with Crippen molar-refractivity contribution in [1.29, 1.82) is 0 Å². The number of amides is 2. The van der Waals surface area contributed by atoms with Gasteiger partial charge in [-0.25, -0.2) is 0 Å². The van der Waals surface area contributed by atoms with Gasteiger partial charge in [-0.3, -0.25) is 9.59 Å². The van der Waals surface area contributed by atoms with Crippen LogP contribution in [0.4, 0.5) is 5.69 Å². The first-order valence-corrected chi connectivity index (χ1v) is 8.72. The average Bonchev–Trinajstić information content (AvgIpc) is 3.16. The van der Waals surface area contributed by atoms with Gasteiger partial charge < -0.3 is 9.80 Å². The minimum Gasteiger partial charge on any atom is -0.341 e. The van der Waals surface area contributed by atoms with Gasteiger partial charge in [0.15, 0.2) is 0 Å². The Bertz CT molecular complexity index is 843. The molecule has 4 heteroatoms. The summed E-state index contributed by atoms with van der Waals surface area (Å²) in [5.74, 6) is 0.208. The van der Waals surface area contributed by atoms with Crippen molar-refractivity contribution in [2.24, 2.45) is 0 Å². The molecule has 1 atom stereocenters. The van der Waals surface area contributed by atoms with Crippen molar-refractivity contribution < 1.29 is 9.59 Å². The number of carbonyl (C=O) groups is 2. The summed E-state index contributed by atoms with van der Waals surface area (Å²) in [5, 5.41) is 0. The van der Waals surface area contributed by atoms with Crippen LogP contribution in [-0.2, 0) is 21.4 Å². The highest BCUT2D eigenvalue weighted by atomic mass is 16.2. The van der Waals surface area contributed by atoms with E-state index in [-0.39, 0.29) is 11.8 Å². The van der Waals surface area contributed by atoms with Crippen LogP contribution >= 0.6 is 0 Å². The maximum absolute atomic E-state index is 12.9. The highest BCUT2D eigenvalue weighted by Gasteiger charge is 2.53. The Hall–Kier alpha value is -2.62. The monoisotopic (exact) mass is 334 g/mol. The number of anilines is 1. The molecular formula is C21H22N2O2. The third-order valence-corrected chi connectivity index (χ3v) is 5.59. The number of likely N-dealkylation sites (N-methyl/N-ethyl adjacent to an activating group) is 1. The minimum absolute atomic E-state index is 0.0977. The fourth-order valence-corrected chi connectivity index (χ4v) is 4.13. The lowest BCUT2D eigenvalue weighted by Crippen LogP contribution is -2.42. The second kappa shape index (κ2) is 5.73. The molecule has 1 spiro atoms. The van der Waals surface area contributed by atoms with Crippen molar-refractivity contribution in [3.05, 3.63) is 65.2 Å². The maximum atomic E-state index is 12.9. The highest BCUT2D eigenvalue weighted by molar-refractivity contribution is 6.08. The molecule has 0 bridgehead atoms. The Labute approximate surface area is 148 Å². The molecule has 2 amide bonds. The molecule has 2 aliphatic heterocycles. The Morgan fingerprint density at radius 2 is 1.84 bits per heavy atom. The van der Waals surface area contributed by atoms with E-state index in [4.69, 9.17) is 0 Å². The summed E-state index contributed by atoms with van der Waals surface area (Å²) >= 11 is 0. The van der Waals surface area contributed by atoms with Crippen LogP contribution in [0.25, 0.3) is 0 Å². The molecule has 2 aliphatic rings. The van der Waals surface area contributed by atoms with Crippen LogP contribution in [0.2, 0.25) is 0 Å². The van der Waals surface area contributed by atoms with Gasteiger partial charge in [-0.1, -0.05) is 48.0 Å². The van der Waals surface area contributed by atoms with Crippen LogP contribution in [0.15, 0.2) is 48.5 Å². The number of nitrogens with zero attached hydrogens (tertiary/aromatic N) is 2. The summed E-state index contributed by atoms with van der Waals surface area (Å²) in [6.07, 6.45) is 1.09. The minimum atomic E-state index is -0.561. The van der Waals surface area contributed by atoms with Gasteiger partial charge in [0.25, 0.3) is 0 Å². The summed E-state index contributed by atoms with van der Waals surface area (Å²) in [7, 11) is 1.83. The summed E-state index contributed by atoms with van der Waals surface area (Å²) in [4.78, 5) is 29.3. The fraction of sp³-hybridized carbons (Fsp3) is 0.333. The van der Waals surface area contributed by atoms with Gasteiger partial charge >= 0.3 is 0 Å². The number of benzene rings is 2. The summed E-state index contributed by atoms with van der Waals surface area (Å²) in [6.45, 7) is 3.16. The molecule has 0 saturated carbocycles. The molecule has 2 aromatic carbocycles. The van der Waals surface area contributed by atoms with E-state index in [0.717, 1.165) is 16.8 Å². The van der Waals surface area contributed by atoms with Crippen molar-refractivity contribution in [3.63, 3.8) is 0 Å². The van der Waals surface area contributed by atoms with Crippen molar-refractivity contribution in [1.82, 2.24) is 4.90 Å². The predicted molar refractivity (Wildman–Crippen MR) is 97.6 cm³/mol. The topological polar surface area (TPSA) is 40.6 Å². The van der Waals surface area contributed by atoms with Crippen molar-refractivity contribution in [2.45, 2.75) is 25.2 Å². The lowest BCUT2D eigenvalue weighted by atomic mass is 9.81. The largest absolute Gasteiger partial charge is 0.341 e. The van der Waals surface area contributed by atoms with E-state index >= 15 is 0 Å². The number of carbonyl (C=O) groups excluding carboxylic acids is 2. The molecule has 0 unspecified atom stereocenters. The number of fused-ring (bicyclic) bond motifs is 2. The van der Waals surface area contributed by atoms with Gasteiger partial charge in [0.05, 0.1) is 11.8 Å². The molecule has 4 nitrogen and oxygen atoms in total. The van der Waals surface area contributed by atoms with Crippen molar-refractivity contribution >= 4 is 17.5 Å². The lowest BCUT2D eigenvalue weighted by Gasteiger charge is -2.23. The van der Waals surface area contributed by atoms with Crippen LogP contribution < -0.4 is 4.90 Å². The molecule has 0 N–H and O–H groups in total. The second-order valence-corrected chi connectivity index (χ2v) is 7.19. The molecule has 0 radical (unpaired) electrons. The Morgan fingerprint density at radius 3 is 2.60 bits per heavy atom. The lowest BCUT2D eigenvalue weighted by molar-refractivity contribution is -0.130. The molecule has 1 saturated heterocycles. The normalized spacial score (nSPS) is 21.9. The molecule has 25 heavy (non-hydrogen) atoms. The van der Waals surface area contributed by atoms with Crippen LogP contribution in [0.5, 0.6) is 0 Å². The third kappa shape index (κ3) is 2.44. The van der Waals surface area contributed by atoms with Crippen LogP contribution in [-0.4, -0.2) is 36.9 Å². The van der Waals surface area contributed by atoms with Gasteiger partial charge in [-0.2, -0.15) is 0 Å². The number of rotatable bonds is 2. The molecular weight excluding hydrogens is 312 g/mol.